The van der Waals surface area contributed by atoms with Crippen LogP contribution in [-0.2, 0) is 23.8 Å². The van der Waals surface area contributed by atoms with Crippen molar-refractivity contribution in [2.45, 2.75) is 32.9 Å². The number of carbonyl (C=O) groups excluding carboxylic acids is 2. The van der Waals surface area contributed by atoms with Crippen LogP contribution in [0.5, 0.6) is 0 Å². The second-order valence-corrected chi connectivity index (χ2v) is 4.42. The van der Waals surface area contributed by atoms with Crippen molar-refractivity contribution in [3.8, 4) is 0 Å². The largest absolute Gasteiger partial charge is 0.466 e. The first-order valence-corrected chi connectivity index (χ1v) is 6.34. The van der Waals surface area contributed by atoms with Gasteiger partial charge in [-0.2, -0.15) is 0 Å². The molecular weight excluding hydrogens is 286 g/mol. The van der Waals surface area contributed by atoms with Gasteiger partial charge in [0.1, 0.15) is 5.70 Å². The lowest BCUT2D eigenvalue weighted by Crippen LogP contribution is -2.50. The molecule has 0 aromatic carbocycles. The number of morpholine rings is 1. The van der Waals surface area contributed by atoms with E-state index in [1.807, 2.05) is 18.7 Å². The molecule has 0 aromatic heterocycles. The monoisotopic (exact) mass is 307 g/mol. The molecule has 0 unspecified atom stereocenters. The summed E-state index contributed by atoms with van der Waals surface area (Å²) in [5, 5.41) is 0. The summed E-state index contributed by atoms with van der Waals surface area (Å²) in [6.07, 6.45) is 1.18. The molecule has 0 radical (unpaired) electrons. The highest BCUT2D eigenvalue weighted by Crippen LogP contribution is 2.20. The van der Waals surface area contributed by atoms with E-state index in [9.17, 15) is 9.59 Å². The van der Waals surface area contributed by atoms with Crippen LogP contribution in [0.3, 0.4) is 0 Å². The van der Waals surface area contributed by atoms with Crippen molar-refractivity contribution < 1.29 is 23.8 Å². The van der Waals surface area contributed by atoms with Gasteiger partial charge in [0.25, 0.3) is 0 Å². The van der Waals surface area contributed by atoms with Crippen molar-refractivity contribution >= 4 is 24.3 Å². The second-order valence-electron chi connectivity index (χ2n) is 4.42. The molecule has 0 aliphatic carbocycles. The van der Waals surface area contributed by atoms with Crippen LogP contribution in [0.4, 0.5) is 0 Å². The molecular formula is C13H22ClNO5. The van der Waals surface area contributed by atoms with Gasteiger partial charge in [0, 0.05) is 0 Å². The molecule has 20 heavy (non-hydrogen) atoms. The molecule has 1 aliphatic rings. The topological polar surface area (TPSA) is 65.1 Å². The quantitative estimate of drug-likeness (QED) is 0.573. The summed E-state index contributed by atoms with van der Waals surface area (Å²) in [6, 6.07) is -0.0203. The maximum Gasteiger partial charge on any atom is 0.354 e. The van der Waals surface area contributed by atoms with E-state index in [4.69, 9.17) is 9.47 Å². The summed E-state index contributed by atoms with van der Waals surface area (Å²) in [5.74, 6) is -1.09. The third-order valence-corrected chi connectivity index (χ3v) is 2.89. The molecule has 1 aliphatic heterocycles. The van der Waals surface area contributed by atoms with Gasteiger partial charge in [-0.25, -0.2) is 9.59 Å². The van der Waals surface area contributed by atoms with Crippen LogP contribution in [0.2, 0.25) is 0 Å². The van der Waals surface area contributed by atoms with Gasteiger partial charge >= 0.3 is 11.9 Å². The van der Waals surface area contributed by atoms with Crippen LogP contribution in [0.25, 0.3) is 0 Å². The number of carbonyl (C=O) groups is 2. The van der Waals surface area contributed by atoms with Gasteiger partial charge in [-0.15, -0.1) is 12.4 Å². The summed E-state index contributed by atoms with van der Waals surface area (Å²) in [5.41, 5.74) is 0.219. The number of hydrogen-bond donors (Lipinski definition) is 0. The second kappa shape index (κ2) is 8.81. The Morgan fingerprint density at radius 2 is 1.85 bits per heavy atom. The van der Waals surface area contributed by atoms with E-state index in [1.54, 1.807) is 6.92 Å². The average Bonchev–Trinajstić information content (AvgIpc) is 2.37. The van der Waals surface area contributed by atoms with Crippen LogP contribution in [0.1, 0.15) is 20.8 Å². The molecule has 6 nitrogen and oxygen atoms in total. The number of esters is 2. The molecule has 0 spiro atoms. The first-order chi connectivity index (χ1) is 9.01. The third-order valence-electron chi connectivity index (χ3n) is 2.89. The fourth-order valence-corrected chi connectivity index (χ4v) is 2.09. The summed E-state index contributed by atoms with van der Waals surface area (Å²) in [4.78, 5) is 25.3. The minimum Gasteiger partial charge on any atom is -0.466 e. The van der Waals surface area contributed by atoms with Crippen LogP contribution in [-0.4, -0.2) is 55.9 Å². The van der Waals surface area contributed by atoms with Gasteiger partial charge in [-0.1, -0.05) is 0 Å². The van der Waals surface area contributed by atoms with E-state index in [-0.39, 0.29) is 36.8 Å². The lowest BCUT2D eigenvalue weighted by Gasteiger charge is -2.40. The fourth-order valence-electron chi connectivity index (χ4n) is 2.09. The maximum atomic E-state index is 12.0. The van der Waals surface area contributed by atoms with Crippen LogP contribution in [0, 0.1) is 0 Å². The zero-order valence-corrected chi connectivity index (χ0v) is 13.1. The zero-order chi connectivity index (χ0) is 14.4. The van der Waals surface area contributed by atoms with E-state index in [1.165, 1.54) is 13.2 Å². The third kappa shape index (κ3) is 4.68. The van der Waals surface area contributed by atoms with Crippen molar-refractivity contribution in [3.05, 3.63) is 11.8 Å². The fraction of sp³-hybridized carbons (Fsp3) is 0.692. The Hall–Kier alpha value is -1.27. The highest BCUT2D eigenvalue weighted by Gasteiger charge is 2.31. The summed E-state index contributed by atoms with van der Waals surface area (Å²) < 4.78 is 15.0. The highest BCUT2D eigenvalue weighted by atomic mass is 35.5. The van der Waals surface area contributed by atoms with Gasteiger partial charge in [0.15, 0.2) is 0 Å². The van der Waals surface area contributed by atoms with Crippen molar-refractivity contribution in [2.24, 2.45) is 0 Å². The van der Waals surface area contributed by atoms with E-state index >= 15 is 0 Å². The van der Waals surface area contributed by atoms with Gasteiger partial charge < -0.3 is 19.1 Å². The van der Waals surface area contributed by atoms with Gasteiger partial charge in [0.2, 0.25) is 0 Å². The molecule has 2 atom stereocenters. The zero-order valence-electron chi connectivity index (χ0n) is 12.3. The van der Waals surface area contributed by atoms with Crippen molar-refractivity contribution in [1.82, 2.24) is 4.90 Å². The lowest BCUT2D eigenvalue weighted by molar-refractivity contribution is -0.144. The number of methoxy groups -OCH3 is 1. The van der Waals surface area contributed by atoms with E-state index < -0.39 is 11.9 Å². The minimum absolute atomic E-state index is 0. The van der Waals surface area contributed by atoms with Crippen molar-refractivity contribution in [2.75, 3.05) is 26.9 Å². The number of halogens is 1. The molecule has 1 fully saturated rings. The number of nitrogens with zero attached hydrogens (tertiary/aromatic N) is 1. The molecule has 116 valence electrons. The number of rotatable bonds is 4. The van der Waals surface area contributed by atoms with Crippen LogP contribution >= 0.6 is 12.4 Å². The maximum absolute atomic E-state index is 12.0. The van der Waals surface area contributed by atoms with E-state index in [2.05, 4.69) is 4.74 Å². The smallest absolute Gasteiger partial charge is 0.354 e. The van der Waals surface area contributed by atoms with Gasteiger partial charge in [0.05, 0.1) is 45.1 Å². The summed E-state index contributed by atoms with van der Waals surface area (Å²) >= 11 is 0. The molecule has 1 saturated heterocycles. The number of ether oxygens (including phenoxy) is 3. The normalized spacial score (nSPS) is 22.8. The first kappa shape index (κ1) is 18.7. The van der Waals surface area contributed by atoms with Crippen molar-refractivity contribution in [3.63, 3.8) is 0 Å². The number of hydrogen-bond acceptors (Lipinski definition) is 6. The first-order valence-electron chi connectivity index (χ1n) is 6.34. The van der Waals surface area contributed by atoms with E-state index in [0.717, 1.165) is 0 Å². The van der Waals surface area contributed by atoms with Gasteiger partial charge in [-0.05, 0) is 20.8 Å². The standard InChI is InChI=1S/C13H21NO5.ClH/c1-5-19-13(16)11(6-12(15)17-4)14-9(2)7-18-8-10(14)3;/h6,9-10H,5,7-8H2,1-4H3;1H/b11-6-;/t9-,10-;/m0./s1. The molecule has 1 heterocycles. The SMILES string of the molecule is CCOC(=O)/C(=C/C(=O)OC)N1[C@@H](C)COC[C@@H]1C.Cl. The highest BCUT2D eigenvalue weighted by molar-refractivity contribution is 5.96. The molecule has 0 bridgehead atoms. The Labute approximate surface area is 125 Å². The molecule has 1 rings (SSSR count). The Morgan fingerprint density at radius 3 is 2.30 bits per heavy atom. The molecule has 0 amide bonds. The minimum atomic E-state index is -0.575. The molecule has 7 heteroatoms. The average molecular weight is 308 g/mol. The molecule has 0 aromatic rings. The molecule has 0 N–H and O–H groups in total. The van der Waals surface area contributed by atoms with Crippen molar-refractivity contribution in [1.29, 1.82) is 0 Å². The summed E-state index contributed by atoms with van der Waals surface area (Å²) in [6.45, 7) is 6.84. The lowest BCUT2D eigenvalue weighted by atomic mass is 10.1. The predicted octanol–water partition coefficient (Wildman–Crippen LogP) is 1.14. The predicted molar refractivity (Wildman–Crippen MR) is 75.6 cm³/mol. The molecule has 0 saturated carbocycles. The van der Waals surface area contributed by atoms with Crippen LogP contribution in [0.15, 0.2) is 11.8 Å². The Morgan fingerprint density at radius 1 is 1.30 bits per heavy atom. The van der Waals surface area contributed by atoms with E-state index in [0.29, 0.717) is 13.2 Å². The Bertz CT molecular complexity index is 362. The Balaban J connectivity index is 0.00000361. The Kier molecular flexibility index (Phi) is 8.25. The van der Waals surface area contributed by atoms with Gasteiger partial charge in [-0.3, -0.25) is 0 Å². The summed E-state index contributed by atoms with van der Waals surface area (Å²) in [7, 11) is 1.27. The van der Waals surface area contributed by atoms with Crippen LogP contribution < -0.4 is 0 Å².